The molecule has 0 aliphatic carbocycles. The average molecular weight is 310 g/mol. The second-order valence-electron chi connectivity index (χ2n) is 6.16. The van der Waals surface area contributed by atoms with E-state index in [0.717, 1.165) is 11.9 Å². The van der Waals surface area contributed by atoms with E-state index in [0.29, 0.717) is 6.54 Å². The molecular formula is C17H18N4O2. The molecule has 0 fully saturated rings. The van der Waals surface area contributed by atoms with Crippen LogP contribution in [-0.4, -0.2) is 21.0 Å². The summed E-state index contributed by atoms with van der Waals surface area (Å²) < 4.78 is 0. The van der Waals surface area contributed by atoms with Gasteiger partial charge in [0.2, 0.25) is 0 Å². The molecule has 6 heteroatoms. The maximum atomic E-state index is 11.1. The minimum Gasteiger partial charge on any atom is -0.476 e. The van der Waals surface area contributed by atoms with Gasteiger partial charge in [-0.25, -0.2) is 14.8 Å². The van der Waals surface area contributed by atoms with Gasteiger partial charge in [0.1, 0.15) is 23.8 Å². The first kappa shape index (κ1) is 16.4. The van der Waals surface area contributed by atoms with Gasteiger partial charge in [-0.15, -0.1) is 0 Å². The molecule has 0 amide bonds. The van der Waals surface area contributed by atoms with E-state index in [4.69, 9.17) is 10.4 Å². The van der Waals surface area contributed by atoms with Gasteiger partial charge in [-0.05, 0) is 16.5 Å². The molecule has 23 heavy (non-hydrogen) atoms. The molecule has 0 aliphatic rings. The van der Waals surface area contributed by atoms with Crippen LogP contribution in [0.3, 0.4) is 0 Å². The lowest BCUT2D eigenvalue weighted by Crippen LogP contribution is -2.12. The van der Waals surface area contributed by atoms with Gasteiger partial charge in [0.25, 0.3) is 0 Å². The van der Waals surface area contributed by atoms with Crippen LogP contribution in [-0.2, 0) is 12.0 Å². The molecule has 1 aromatic carbocycles. The highest BCUT2D eigenvalue weighted by molar-refractivity contribution is 5.89. The van der Waals surface area contributed by atoms with E-state index < -0.39 is 5.97 Å². The minimum absolute atomic E-state index is 0.0636. The molecule has 1 heterocycles. The van der Waals surface area contributed by atoms with Crippen LogP contribution in [0.15, 0.2) is 30.6 Å². The maximum absolute atomic E-state index is 11.1. The Hall–Kier alpha value is -2.94. The van der Waals surface area contributed by atoms with Crippen LogP contribution < -0.4 is 5.32 Å². The van der Waals surface area contributed by atoms with Crippen LogP contribution in [0.25, 0.3) is 0 Å². The van der Waals surface area contributed by atoms with Crippen LogP contribution in [0.1, 0.15) is 48.0 Å². The van der Waals surface area contributed by atoms with Crippen molar-refractivity contribution in [2.24, 2.45) is 0 Å². The predicted molar refractivity (Wildman–Crippen MR) is 86.2 cm³/mol. The van der Waals surface area contributed by atoms with Crippen LogP contribution in [0.4, 0.5) is 5.82 Å². The Balaban J connectivity index is 2.17. The number of aromatic carboxylic acids is 1. The van der Waals surface area contributed by atoms with E-state index in [1.54, 1.807) is 0 Å². The number of rotatable bonds is 4. The first-order chi connectivity index (χ1) is 10.8. The van der Waals surface area contributed by atoms with Crippen molar-refractivity contribution in [1.82, 2.24) is 9.97 Å². The van der Waals surface area contributed by atoms with Gasteiger partial charge in [0, 0.05) is 6.54 Å². The molecule has 0 spiro atoms. The average Bonchev–Trinajstić information content (AvgIpc) is 2.51. The van der Waals surface area contributed by atoms with E-state index >= 15 is 0 Å². The smallest absolute Gasteiger partial charge is 0.356 e. The summed E-state index contributed by atoms with van der Waals surface area (Å²) in [4.78, 5) is 18.7. The van der Waals surface area contributed by atoms with E-state index in [-0.39, 0.29) is 22.5 Å². The Morgan fingerprint density at radius 2 is 1.91 bits per heavy atom. The summed E-state index contributed by atoms with van der Waals surface area (Å²) in [6.07, 6.45) is 1.13. The summed E-state index contributed by atoms with van der Waals surface area (Å²) in [6.45, 7) is 6.88. The highest BCUT2D eigenvalue weighted by atomic mass is 16.4. The Morgan fingerprint density at radius 3 is 2.43 bits per heavy atom. The number of aromatic nitrogens is 2. The Morgan fingerprint density at radius 1 is 1.26 bits per heavy atom. The summed E-state index contributed by atoms with van der Waals surface area (Å²) in [5.74, 6) is -1.03. The number of nitrogens with zero attached hydrogens (tertiary/aromatic N) is 3. The summed E-state index contributed by atoms with van der Waals surface area (Å²) in [5, 5.41) is 21.2. The summed E-state index contributed by atoms with van der Waals surface area (Å²) >= 11 is 0. The monoisotopic (exact) mass is 310 g/mol. The zero-order chi connectivity index (χ0) is 17.0. The van der Waals surface area contributed by atoms with E-state index in [2.05, 4.69) is 48.2 Å². The highest BCUT2D eigenvalue weighted by Crippen LogP contribution is 2.22. The van der Waals surface area contributed by atoms with E-state index in [1.807, 2.05) is 18.2 Å². The number of nitriles is 1. The van der Waals surface area contributed by atoms with Crippen LogP contribution in [0, 0.1) is 11.3 Å². The normalized spacial score (nSPS) is 10.9. The summed E-state index contributed by atoms with van der Waals surface area (Å²) in [6, 6.07) is 9.96. The third-order valence-electron chi connectivity index (χ3n) is 3.44. The first-order valence-electron chi connectivity index (χ1n) is 7.14. The standard InChI is InChI=1S/C17H18N4O2/c1-17(2,3)12-6-4-11(5-7-12)9-19-15-13(8-18)14(16(22)23)20-10-21-15/h4-7,10H,9H2,1-3H3,(H,22,23)(H,19,20,21). The fourth-order valence-electron chi connectivity index (χ4n) is 2.10. The molecule has 0 saturated heterocycles. The molecule has 0 unspecified atom stereocenters. The molecule has 118 valence electrons. The Labute approximate surface area is 134 Å². The van der Waals surface area contributed by atoms with Crippen molar-refractivity contribution in [1.29, 1.82) is 5.26 Å². The number of carboxylic acids is 1. The zero-order valence-corrected chi connectivity index (χ0v) is 13.3. The predicted octanol–water partition coefficient (Wildman–Crippen LogP) is 2.96. The molecule has 0 saturated carbocycles. The SMILES string of the molecule is CC(C)(C)c1ccc(CNc2ncnc(C(=O)O)c2C#N)cc1. The van der Waals surface area contributed by atoms with Crippen LogP contribution in [0.5, 0.6) is 0 Å². The Bertz CT molecular complexity index is 756. The van der Waals surface area contributed by atoms with Crippen molar-refractivity contribution in [2.45, 2.75) is 32.7 Å². The highest BCUT2D eigenvalue weighted by Gasteiger charge is 2.17. The van der Waals surface area contributed by atoms with Gasteiger partial charge >= 0.3 is 5.97 Å². The molecule has 2 N–H and O–H groups in total. The second-order valence-corrected chi connectivity index (χ2v) is 6.16. The molecule has 0 radical (unpaired) electrons. The van der Waals surface area contributed by atoms with Gasteiger partial charge < -0.3 is 10.4 Å². The number of carboxylic acid groups (broad SMARTS) is 1. The molecule has 2 aromatic rings. The number of carbonyl (C=O) groups is 1. The largest absolute Gasteiger partial charge is 0.476 e. The van der Waals surface area contributed by atoms with Crippen molar-refractivity contribution in [3.63, 3.8) is 0 Å². The fourth-order valence-corrected chi connectivity index (χ4v) is 2.10. The maximum Gasteiger partial charge on any atom is 0.356 e. The third kappa shape index (κ3) is 3.83. The Kier molecular flexibility index (Phi) is 4.60. The lowest BCUT2D eigenvalue weighted by molar-refractivity contribution is 0.0690. The van der Waals surface area contributed by atoms with Crippen molar-refractivity contribution >= 4 is 11.8 Å². The van der Waals surface area contributed by atoms with Gasteiger partial charge in [0.15, 0.2) is 5.69 Å². The lowest BCUT2D eigenvalue weighted by Gasteiger charge is -2.19. The molecule has 0 atom stereocenters. The van der Waals surface area contributed by atoms with Crippen molar-refractivity contribution < 1.29 is 9.90 Å². The van der Waals surface area contributed by atoms with Crippen molar-refractivity contribution in [3.8, 4) is 6.07 Å². The van der Waals surface area contributed by atoms with Crippen LogP contribution >= 0.6 is 0 Å². The fraction of sp³-hybridized carbons (Fsp3) is 0.294. The van der Waals surface area contributed by atoms with E-state index in [1.165, 1.54) is 5.56 Å². The zero-order valence-electron chi connectivity index (χ0n) is 13.3. The number of benzene rings is 1. The molecule has 1 aromatic heterocycles. The van der Waals surface area contributed by atoms with Crippen molar-refractivity contribution in [2.75, 3.05) is 5.32 Å². The second kappa shape index (κ2) is 6.44. The first-order valence-corrected chi connectivity index (χ1v) is 7.14. The topological polar surface area (TPSA) is 98.9 Å². The van der Waals surface area contributed by atoms with Gasteiger partial charge in [-0.2, -0.15) is 5.26 Å². The molecule has 0 bridgehead atoms. The molecular weight excluding hydrogens is 292 g/mol. The number of anilines is 1. The summed E-state index contributed by atoms with van der Waals surface area (Å²) in [5.41, 5.74) is 1.97. The number of nitrogens with one attached hydrogen (secondary N) is 1. The van der Waals surface area contributed by atoms with Crippen LogP contribution in [0.2, 0.25) is 0 Å². The number of hydrogen-bond acceptors (Lipinski definition) is 5. The van der Waals surface area contributed by atoms with E-state index in [9.17, 15) is 4.79 Å². The van der Waals surface area contributed by atoms with Crippen molar-refractivity contribution in [3.05, 3.63) is 53.0 Å². The lowest BCUT2D eigenvalue weighted by atomic mass is 9.87. The van der Waals surface area contributed by atoms with Gasteiger partial charge in [-0.1, -0.05) is 45.0 Å². The van der Waals surface area contributed by atoms with Gasteiger partial charge in [-0.3, -0.25) is 0 Å². The molecule has 6 nitrogen and oxygen atoms in total. The number of hydrogen-bond donors (Lipinski definition) is 2. The molecule has 0 aliphatic heterocycles. The van der Waals surface area contributed by atoms with Gasteiger partial charge in [0.05, 0.1) is 0 Å². The molecule has 2 rings (SSSR count). The minimum atomic E-state index is -1.25. The summed E-state index contributed by atoms with van der Waals surface area (Å²) in [7, 11) is 0. The third-order valence-corrected chi connectivity index (χ3v) is 3.44. The quantitative estimate of drug-likeness (QED) is 0.900.